The van der Waals surface area contributed by atoms with Crippen molar-refractivity contribution in [3.63, 3.8) is 0 Å². The fourth-order valence-corrected chi connectivity index (χ4v) is 1.85. The van der Waals surface area contributed by atoms with Crippen LogP contribution in [0.3, 0.4) is 0 Å². The summed E-state index contributed by atoms with van der Waals surface area (Å²) in [5.41, 5.74) is 2.14. The smallest absolute Gasteiger partial charge is 0.138 e. The third-order valence-corrected chi connectivity index (χ3v) is 2.98. The Kier molecular flexibility index (Phi) is 4.63. The van der Waals surface area contributed by atoms with Crippen LogP contribution in [-0.2, 0) is 6.61 Å². The summed E-state index contributed by atoms with van der Waals surface area (Å²) >= 11 is 6.08. The van der Waals surface area contributed by atoms with Crippen molar-refractivity contribution < 1.29 is 4.74 Å². The van der Waals surface area contributed by atoms with E-state index in [0.29, 0.717) is 17.4 Å². The van der Waals surface area contributed by atoms with Gasteiger partial charge in [-0.15, -0.1) is 0 Å². The van der Waals surface area contributed by atoms with E-state index in [1.54, 1.807) is 0 Å². The Balaban J connectivity index is 2.00. The molecule has 3 nitrogen and oxygen atoms in total. The van der Waals surface area contributed by atoms with Gasteiger partial charge in [0.25, 0.3) is 0 Å². The Labute approximate surface area is 118 Å². The van der Waals surface area contributed by atoms with Gasteiger partial charge in [0.15, 0.2) is 0 Å². The van der Waals surface area contributed by atoms with Gasteiger partial charge >= 0.3 is 0 Å². The van der Waals surface area contributed by atoms with Gasteiger partial charge in [0.1, 0.15) is 18.2 Å². The van der Waals surface area contributed by atoms with Crippen LogP contribution >= 0.6 is 11.6 Å². The zero-order valence-electron chi connectivity index (χ0n) is 11.1. The highest BCUT2D eigenvalue weighted by Gasteiger charge is 2.02. The van der Waals surface area contributed by atoms with E-state index in [1.807, 2.05) is 50.4 Å². The maximum Gasteiger partial charge on any atom is 0.138 e. The van der Waals surface area contributed by atoms with Crippen LogP contribution in [0.1, 0.15) is 18.1 Å². The Bertz CT molecular complexity index is 540. The number of anilines is 1. The third kappa shape index (κ3) is 3.86. The van der Waals surface area contributed by atoms with Crippen LogP contribution < -0.4 is 10.1 Å². The zero-order valence-corrected chi connectivity index (χ0v) is 11.9. The van der Waals surface area contributed by atoms with Crippen LogP contribution in [0.25, 0.3) is 0 Å². The van der Waals surface area contributed by atoms with Gasteiger partial charge in [0.2, 0.25) is 0 Å². The molecule has 1 heterocycles. The first-order chi connectivity index (χ1) is 9.19. The minimum absolute atomic E-state index is 0.461. The van der Waals surface area contributed by atoms with Crippen LogP contribution in [0.2, 0.25) is 5.02 Å². The number of hydrogen-bond acceptors (Lipinski definition) is 3. The summed E-state index contributed by atoms with van der Waals surface area (Å²) in [6.07, 6.45) is 1.81. The largest absolute Gasteiger partial charge is 0.487 e. The van der Waals surface area contributed by atoms with Crippen LogP contribution in [0.5, 0.6) is 5.75 Å². The lowest BCUT2D eigenvalue weighted by Gasteiger charge is -2.09. The Morgan fingerprint density at radius 2 is 2.11 bits per heavy atom. The minimum Gasteiger partial charge on any atom is -0.487 e. The SMILES string of the molecule is CCNc1ccc(COc2cc(C)ccc2Cl)cn1. The molecular weight excluding hydrogens is 260 g/mol. The van der Waals surface area contributed by atoms with Crippen molar-refractivity contribution in [1.29, 1.82) is 0 Å². The first kappa shape index (κ1) is 13.7. The van der Waals surface area contributed by atoms with E-state index in [9.17, 15) is 0 Å². The molecule has 4 heteroatoms. The van der Waals surface area contributed by atoms with Crippen molar-refractivity contribution in [3.05, 3.63) is 52.7 Å². The number of ether oxygens (including phenoxy) is 1. The van der Waals surface area contributed by atoms with Gasteiger partial charge < -0.3 is 10.1 Å². The van der Waals surface area contributed by atoms with E-state index in [4.69, 9.17) is 16.3 Å². The topological polar surface area (TPSA) is 34.1 Å². The first-order valence-electron chi connectivity index (χ1n) is 6.27. The molecule has 1 aromatic carbocycles. The molecule has 0 aliphatic heterocycles. The second-order valence-electron chi connectivity index (χ2n) is 4.30. The molecule has 0 saturated carbocycles. The Hall–Kier alpha value is -1.74. The summed E-state index contributed by atoms with van der Waals surface area (Å²) in [5, 5.41) is 3.78. The molecule has 0 aliphatic rings. The number of hydrogen-bond donors (Lipinski definition) is 1. The van der Waals surface area contributed by atoms with Crippen molar-refractivity contribution in [3.8, 4) is 5.75 Å². The number of rotatable bonds is 5. The molecule has 0 bridgehead atoms. The summed E-state index contributed by atoms with van der Waals surface area (Å²) < 4.78 is 5.71. The van der Waals surface area contributed by atoms with Crippen molar-refractivity contribution in [1.82, 2.24) is 4.98 Å². The number of halogens is 1. The summed E-state index contributed by atoms with van der Waals surface area (Å²) in [6, 6.07) is 9.68. The molecule has 0 aliphatic carbocycles. The van der Waals surface area contributed by atoms with Crippen LogP contribution in [0.4, 0.5) is 5.82 Å². The zero-order chi connectivity index (χ0) is 13.7. The summed E-state index contributed by atoms with van der Waals surface area (Å²) in [6.45, 7) is 5.37. The minimum atomic E-state index is 0.461. The monoisotopic (exact) mass is 276 g/mol. The van der Waals surface area contributed by atoms with Gasteiger partial charge in [-0.25, -0.2) is 4.98 Å². The number of pyridine rings is 1. The van der Waals surface area contributed by atoms with E-state index in [2.05, 4.69) is 10.3 Å². The normalized spacial score (nSPS) is 10.3. The highest BCUT2D eigenvalue weighted by atomic mass is 35.5. The molecule has 2 aromatic rings. The van der Waals surface area contributed by atoms with E-state index in [1.165, 1.54) is 0 Å². The molecule has 1 N–H and O–H groups in total. The highest BCUT2D eigenvalue weighted by molar-refractivity contribution is 6.32. The van der Waals surface area contributed by atoms with Crippen molar-refractivity contribution in [2.75, 3.05) is 11.9 Å². The standard InChI is InChI=1S/C15H17ClN2O/c1-3-17-15-7-5-12(9-18-15)10-19-14-8-11(2)4-6-13(14)16/h4-9H,3,10H2,1-2H3,(H,17,18). The van der Waals surface area contributed by atoms with E-state index < -0.39 is 0 Å². The van der Waals surface area contributed by atoms with Gasteiger partial charge in [-0.2, -0.15) is 0 Å². The van der Waals surface area contributed by atoms with Crippen LogP contribution in [0.15, 0.2) is 36.5 Å². The van der Waals surface area contributed by atoms with Crippen molar-refractivity contribution in [2.45, 2.75) is 20.5 Å². The second-order valence-corrected chi connectivity index (χ2v) is 4.71. The van der Waals surface area contributed by atoms with Gasteiger partial charge in [-0.05, 0) is 37.6 Å². The average molecular weight is 277 g/mol. The fourth-order valence-electron chi connectivity index (χ4n) is 1.68. The molecule has 0 amide bonds. The molecule has 0 atom stereocenters. The van der Waals surface area contributed by atoms with Gasteiger partial charge in [-0.3, -0.25) is 0 Å². The average Bonchev–Trinajstić information content (AvgIpc) is 2.42. The summed E-state index contributed by atoms with van der Waals surface area (Å²) in [5.74, 6) is 1.58. The molecule has 0 radical (unpaired) electrons. The molecule has 0 fully saturated rings. The maximum absolute atomic E-state index is 6.08. The number of benzene rings is 1. The van der Waals surface area contributed by atoms with Crippen molar-refractivity contribution in [2.24, 2.45) is 0 Å². The van der Waals surface area contributed by atoms with E-state index >= 15 is 0 Å². The van der Waals surface area contributed by atoms with Crippen LogP contribution in [-0.4, -0.2) is 11.5 Å². The lowest BCUT2D eigenvalue weighted by molar-refractivity contribution is 0.306. The molecule has 1 aromatic heterocycles. The van der Waals surface area contributed by atoms with Gasteiger partial charge in [0, 0.05) is 18.3 Å². The van der Waals surface area contributed by atoms with Crippen LogP contribution in [0, 0.1) is 6.92 Å². The predicted molar refractivity (Wildman–Crippen MR) is 78.9 cm³/mol. The second kappa shape index (κ2) is 6.43. The first-order valence-corrected chi connectivity index (χ1v) is 6.64. The van der Waals surface area contributed by atoms with E-state index in [0.717, 1.165) is 23.5 Å². The maximum atomic E-state index is 6.08. The Morgan fingerprint density at radius 3 is 2.79 bits per heavy atom. The predicted octanol–water partition coefficient (Wildman–Crippen LogP) is 4.05. The number of aromatic nitrogens is 1. The van der Waals surface area contributed by atoms with Crippen molar-refractivity contribution >= 4 is 17.4 Å². The lowest BCUT2D eigenvalue weighted by atomic mass is 10.2. The number of aryl methyl sites for hydroxylation is 1. The lowest BCUT2D eigenvalue weighted by Crippen LogP contribution is -2.01. The molecule has 0 saturated heterocycles. The molecule has 2 rings (SSSR count). The third-order valence-electron chi connectivity index (χ3n) is 2.66. The number of nitrogens with zero attached hydrogens (tertiary/aromatic N) is 1. The molecule has 100 valence electrons. The summed E-state index contributed by atoms with van der Waals surface area (Å²) in [7, 11) is 0. The van der Waals surface area contributed by atoms with Gasteiger partial charge in [-0.1, -0.05) is 23.7 Å². The molecular formula is C15H17ClN2O. The summed E-state index contributed by atoms with van der Waals surface area (Å²) in [4.78, 5) is 4.30. The fraction of sp³-hybridized carbons (Fsp3) is 0.267. The van der Waals surface area contributed by atoms with E-state index in [-0.39, 0.29) is 0 Å². The number of nitrogens with one attached hydrogen (secondary N) is 1. The quantitative estimate of drug-likeness (QED) is 0.894. The Morgan fingerprint density at radius 1 is 1.26 bits per heavy atom. The molecule has 0 unspecified atom stereocenters. The molecule has 19 heavy (non-hydrogen) atoms. The van der Waals surface area contributed by atoms with Gasteiger partial charge in [0.05, 0.1) is 5.02 Å². The molecule has 0 spiro atoms. The highest BCUT2D eigenvalue weighted by Crippen LogP contribution is 2.26.